The van der Waals surface area contributed by atoms with Gasteiger partial charge >= 0.3 is 6.09 Å². The third-order valence-electron chi connectivity index (χ3n) is 4.87. The summed E-state index contributed by atoms with van der Waals surface area (Å²) in [4.78, 5) is 12.5. The third-order valence-corrected chi connectivity index (χ3v) is 4.87. The molecule has 0 saturated heterocycles. The van der Waals surface area contributed by atoms with Crippen molar-refractivity contribution in [2.45, 2.75) is 12.8 Å². The topological polar surface area (TPSA) is 62.6 Å². The lowest BCUT2D eigenvalue weighted by Gasteiger charge is -2.16. The fourth-order valence-corrected chi connectivity index (χ4v) is 3.59. The minimum atomic E-state index is -0.529. The van der Waals surface area contributed by atoms with Crippen LogP contribution < -0.4 is 9.47 Å². The number of methoxy groups -OCH3 is 3. The largest absolute Gasteiger partial charge is 0.497 e. The van der Waals surface area contributed by atoms with Crippen LogP contribution in [0.5, 0.6) is 11.5 Å². The van der Waals surface area contributed by atoms with Crippen molar-refractivity contribution >= 4 is 6.09 Å². The van der Waals surface area contributed by atoms with Crippen molar-refractivity contribution < 1.29 is 19.0 Å². The van der Waals surface area contributed by atoms with Gasteiger partial charge in [-0.05, 0) is 30.5 Å². The first kappa shape index (κ1) is 17.1. The molecule has 0 fully saturated rings. The lowest BCUT2D eigenvalue weighted by atomic mass is 9.88. The van der Waals surface area contributed by atoms with Crippen molar-refractivity contribution in [3.63, 3.8) is 0 Å². The average Bonchev–Trinajstić information content (AvgIpc) is 3.12. The highest BCUT2D eigenvalue weighted by atomic mass is 16.5. The van der Waals surface area contributed by atoms with Crippen LogP contribution in [-0.2, 0) is 17.6 Å². The molecular weight excluding hydrogens is 344 g/mol. The van der Waals surface area contributed by atoms with E-state index in [1.807, 2.05) is 30.3 Å². The van der Waals surface area contributed by atoms with E-state index in [2.05, 4.69) is 11.2 Å². The van der Waals surface area contributed by atoms with Crippen LogP contribution in [0.2, 0.25) is 0 Å². The molecule has 1 aliphatic carbocycles. The number of hydrogen-bond acceptors (Lipinski definition) is 5. The van der Waals surface area contributed by atoms with Crippen molar-refractivity contribution in [2.75, 3.05) is 21.3 Å². The summed E-state index contributed by atoms with van der Waals surface area (Å²) < 4.78 is 17.1. The van der Waals surface area contributed by atoms with E-state index in [0.717, 1.165) is 35.2 Å². The molecule has 27 heavy (non-hydrogen) atoms. The number of carbonyl (C=O) groups is 1. The van der Waals surface area contributed by atoms with E-state index in [-0.39, 0.29) is 0 Å². The summed E-state index contributed by atoms with van der Waals surface area (Å²) in [5, 5.41) is 4.61. The quantitative estimate of drug-likeness (QED) is 0.704. The third kappa shape index (κ3) is 2.83. The van der Waals surface area contributed by atoms with Crippen LogP contribution in [0.3, 0.4) is 0 Å². The summed E-state index contributed by atoms with van der Waals surface area (Å²) in [6, 6.07) is 13.7. The molecule has 0 unspecified atom stereocenters. The fourth-order valence-electron chi connectivity index (χ4n) is 3.59. The van der Waals surface area contributed by atoms with E-state index in [9.17, 15) is 4.79 Å². The summed E-state index contributed by atoms with van der Waals surface area (Å²) in [6.07, 6.45) is 1.15. The summed E-state index contributed by atoms with van der Waals surface area (Å²) in [5.74, 6) is 1.29. The Morgan fingerprint density at radius 3 is 2.37 bits per heavy atom. The predicted octanol–water partition coefficient (Wildman–Crippen LogP) is 3.95. The van der Waals surface area contributed by atoms with Crippen LogP contribution in [0.4, 0.5) is 4.79 Å². The molecule has 1 aromatic heterocycles. The number of aromatic nitrogens is 2. The maximum absolute atomic E-state index is 12.5. The zero-order chi connectivity index (χ0) is 19.0. The Balaban J connectivity index is 1.99. The van der Waals surface area contributed by atoms with Crippen LogP contribution in [0, 0.1) is 0 Å². The standard InChI is InChI=1S/C21H20N2O4/c1-25-15-10-14(11-16(12-15)26-2)20-18-9-8-13-6-4-5-7-17(13)19(18)22-23(20)21(24)27-3/h4-7,10-12H,8-9H2,1-3H3. The molecule has 0 bridgehead atoms. The van der Waals surface area contributed by atoms with Crippen molar-refractivity contribution in [1.29, 1.82) is 0 Å². The van der Waals surface area contributed by atoms with Crippen LogP contribution in [-0.4, -0.2) is 37.2 Å². The van der Waals surface area contributed by atoms with E-state index in [1.165, 1.54) is 17.4 Å². The second kappa shape index (κ2) is 6.79. The van der Waals surface area contributed by atoms with E-state index in [4.69, 9.17) is 14.2 Å². The Morgan fingerprint density at radius 2 is 1.70 bits per heavy atom. The Kier molecular flexibility index (Phi) is 4.32. The number of benzene rings is 2. The van der Waals surface area contributed by atoms with Crippen molar-refractivity contribution in [2.24, 2.45) is 0 Å². The van der Waals surface area contributed by atoms with E-state index < -0.39 is 6.09 Å². The monoisotopic (exact) mass is 364 g/mol. The van der Waals surface area contributed by atoms with Gasteiger partial charge in [-0.15, -0.1) is 0 Å². The minimum absolute atomic E-state index is 0.529. The summed E-state index contributed by atoms with van der Waals surface area (Å²) in [7, 11) is 4.55. The molecule has 1 heterocycles. The average molecular weight is 364 g/mol. The Labute approximate surface area is 157 Å². The summed E-state index contributed by atoms with van der Waals surface area (Å²) in [6.45, 7) is 0. The van der Waals surface area contributed by atoms with Gasteiger partial charge in [-0.3, -0.25) is 0 Å². The molecular formula is C21H20N2O4. The second-order valence-electron chi connectivity index (χ2n) is 6.32. The minimum Gasteiger partial charge on any atom is -0.497 e. The molecule has 4 rings (SSSR count). The Hall–Kier alpha value is -3.28. The fraction of sp³-hybridized carbons (Fsp3) is 0.238. The highest BCUT2D eigenvalue weighted by Gasteiger charge is 2.28. The van der Waals surface area contributed by atoms with Gasteiger partial charge in [0.25, 0.3) is 0 Å². The first-order valence-electron chi connectivity index (χ1n) is 8.68. The van der Waals surface area contributed by atoms with Gasteiger partial charge in [0, 0.05) is 22.8 Å². The molecule has 0 N–H and O–H groups in total. The van der Waals surface area contributed by atoms with Crippen LogP contribution >= 0.6 is 0 Å². The van der Waals surface area contributed by atoms with Crippen molar-refractivity contribution in [3.8, 4) is 34.0 Å². The molecule has 0 aliphatic heterocycles. The smallest absolute Gasteiger partial charge is 0.435 e. The molecule has 0 atom stereocenters. The number of nitrogens with zero attached hydrogens (tertiary/aromatic N) is 2. The lowest BCUT2D eigenvalue weighted by molar-refractivity contribution is 0.169. The maximum Gasteiger partial charge on any atom is 0.435 e. The first-order valence-corrected chi connectivity index (χ1v) is 8.68. The molecule has 138 valence electrons. The van der Waals surface area contributed by atoms with Gasteiger partial charge in [-0.25, -0.2) is 4.79 Å². The molecule has 6 nitrogen and oxygen atoms in total. The number of rotatable bonds is 3. The van der Waals surface area contributed by atoms with Gasteiger partial charge in [0.2, 0.25) is 0 Å². The van der Waals surface area contributed by atoms with Crippen LogP contribution in [0.25, 0.3) is 22.5 Å². The second-order valence-corrected chi connectivity index (χ2v) is 6.32. The number of fused-ring (bicyclic) bond motifs is 3. The zero-order valence-corrected chi connectivity index (χ0v) is 15.5. The van der Waals surface area contributed by atoms with Gasteiger partial charge in [-0.1, -0.05) is 24.3 Å². The van der Waals surface area contributed by atoms with Crippen LogP contribution in [0.15, 0.2) is 42.5 Å². The van der Waals surface area contributed by atoms with E-state index >= 15 is 0 Å². The normalized spacial score (nSPS) is 12.1. The highest BCUT2D eigenvalue weighted by molar-refractivity contribution is 5.85. The maximum atomic E-state index is 12.5. The Morgan fingerprint density at radius 1 is 1.00 bits per heavy atom. The highest BCUT2D eigenvalue weighted by Crippen LogP contribution is 2.40. The van der Waals surface area contributed by atoms with Gasteiger partial charge in [0.1, 0.15) is 11.5 Å². The van der Waals surface area contributed by atoms with Gasteiger partial charge in [0.15, 0.2) is 0 Å². The molecule has 0 saturated carbocycles. The molecule has 3 aromatic rings. The molecule has 1 aliphatic rings. The zero-order valence-electron chi connectivity index (χ0n) is 15.5. The molecule has 0 spiro atoms. The first-order chi connectivity index (χ1) is 13.2. The summed E-state index contributed by atoms with van der Waals surface area (Å²) >= 11 is 0. The lowest BCUT2D eigenvalue weighted by Crippen LogP contribution is -2.14. The number of aryl methyl sites for hydroxylation is 1. The number of hydrogen-bond donors (Lipinski definition) is 0. The molecule has 2 aromatic carbocycles. The van der Waals surface area contributed by atoms with Gasteiger partial charge in [-0.2, -0.15) is 9.78 Å². The summed E-state index contributed by atoms with van der Waals surface area (Å²) in [5.41, 5.74) is 5.63. The van der Waals surface area contributed by atoms with Crippen LogP contribution in [0.1, 0.15) is 11.1 Å². The van der Waals surface area contributed by atoms with Crippen molar-refractivity contribution in [1.82, 2.24) is 9.78 Å². The van der Waals surface area contributed by atoms with Gasteiger partial charge in [0.05, 0.1) is 32.7 Å². The van der Waals surface area contributed by atoms with Gasteiger partial charge < -0.3 is 14.2 Å². The number of ether oxygens (including phenoxy) is 3. The molecule has 0 radical (unpaired) electrons. The molecule has 0 amide bonds. The number of carbonyl (C=O) groups excluding carboxylic acids is 1. The van der Waals surface area contributed by atoms with E-state index in [0.29, 0.717) is 17.2 Å². The van der Waals surface area contributed by atoms with E-state index in [1.54, 1.807) is 20.3 Å². The Bertz CT molecular complexity index is 1000. The van der Waals surface area contributed by atoms with Crippen molar-refractivity contribution in [3.05, 3.63) is 53.6 Å². The molecule has 6 heteroatoms. The predicted molar refractivity (Wildman–Crippen MR) is 101 cm³/mol. The SMILES string of the molecule is COC(=O)n1nc2c(c1-c1cc(OC)cc(OC)c1)CCc1ccccc1-2.